The van der Waals surface area contributed by atoms with Crippen LogP contribution >= 0.6 is 11.8 Å². The van der Waals surface area contributed by atoms with Crippen molar-refractivity contribution in [3.05, 3.63) is 42.2 Å². The van der Waals surface area contributed by atoms with Gasteiger partial charge in [-0.1, -0.05) is 36.9 Å². The van der Waals surface area contributed by atoms with E-state index in [2.05, 4.69) is 11.9 Å². The summed E-state index contributed by atoms with van der Waals surface area (Å²) in [7, 11) is 0. The fourth-order valence-electron chi connectivity index (χ4n) is 3.67. The molecule has 0 aliphatic carbocycles. The number of imidazole rings is 1. The quantitative estimate of drug-likeness (QED) is 0.542. The van der Waals surface area contributed by atoms with Crippen molar-refractivity contribution in [2.45, 2.75) is 56.8 Å². The average molecular weight is 402 g/mol. The van der Waals surface area contributed by atoms with Gasteiger partial charge in [-0.15, -0.1) is 0 Å². The number of benzene rings is 1. The van der Waals surface area contributed by atoms with Gasteiger partial charge < -0.3 is 9.64 Å². The first-order valence-electron chi connectivity index (χ1n) is 9.75. The summed E-state index contributed by atoms with van der Waals surface area (Å²) in [4.78, 5) is 31.9. The lowest BCUT2D eigenvalue weighted by Gasteiger charge is -2.36. The lowest BCUT2D eigenvalue weighted by Crippen LogP contribution is -2.48. The van der Waals surface area contributed by atoms with Gasteiger partial charge in [-0.25, -0.2) is 9.78 Å². The van der Waals surface area contributed by atoms with Gasteiger partial charge in [0.05, 0.1) is 6.20 Å². The van der Waals surface area contributed by atoms with Crippen LogP contribution in [0.1, 0.15) is 50.0 Å². The second-order valence-corrected chi connectivity index (χ2v) is 7.71. The van der Waals surface area contributed by atoms with Crippen LogP contribution in [0.2, 0.25) is 0 Å². The third kappa shape index (κ3) is 4.24. The Morgan fingerprint density at radius 2 is 2.04 bits per heavy atom. The van der Waals surface area contributed by atoms with E-state index in [1.165, 1.54) is 18.0 Å². The van der Waals surface area contributed by atoms with Crippen molar-refractivity contribution in [3.8, 4) is 5.69 Å². The molecule has 1 saturated heterocycles. The topological polar surface area (TPSA) is 64.4 Å². The summed E-state index contributed by atoms with van der Waals surface area (Å²) in [6, 6.07) is 9.78. The van der Waals surface area contributed by atoms with E-state index in [-0.39, 0.29) is 11.9 Å². The molecule has 1 aromatic heterocycles. The molecule has 2 heterocycles. The summed E-state index contributed by atoms with van der Waals surface area (Å²) in [6.07, 6.45) is 6.67. The van der Waals surface area contributed by atoms with Crippen molar-refractivity contribution < 1.29 is 14.3 Å². The summed E-state index contributed by atoms with van der Waals surface area (Å²) < 4.78 is 7.33. The molecular formula is C21H27N3O3S. The number of para-hydroxylation sites is 1. The zero-order valence-corrected chi connectivity index (χ0v) is 17.4. The average Bonchev–Trinajstić information content (AvgIpc) is 3.18. The summed E-state index contributed by atoms with van der Waals surface area (Å²) in [5, 5.41) is 0.694. The minimum atomic E-state index is -0.823. The molecule has 0 spiro atoms. The monoisotopic (exact) mass is 401 g/mol. The van der Waals surface area contributed by atoms with Crippen LogP contribution < -0.4 is 0 Å². The van der Waals surface area contributed by atoms with Crippen LogP contribution in [0.15, 0.2) is 41.7 Å². The number of carbonyl (C=O) groups excluding carboxylic acids is 2. The fraction of sp³-hybridized carbons (Fsp3) is 0.476. The Labute approximate surface area is 170 Å². The Kier molecular flexibility index (Phi) is 6.78. The van der Waals surface area contributed by atoms with Gasteiger partial charge in [-0.3, -0.25) is 9.36 Å². The van der Waals surface area contributed by atoms with E-state index in [1.807, 2.05) is 41.5 Å². The molecule has 3 rings (SSSR count). The van der Waals surface area contributed by atoms with Crippen LogP contribution in [-0.4, -0.2) is 51.3 Å². The molecule has 6 nitrogen and oxygen atoms in total. The number of piperidine rings is 1. The van der Waals surface area contributed by atoms with Crippen molar-refractivity contribution in [2.24, 2.45) is 0 Å². The third-order valence-corrected chi connectivity index (χ3v) is 5.80. The van der Waals surface area contributed by atoms with Gasteiger partial charge in [-0.05, 0) is 51.0 Å². The van der Waals surface area contributed by atoms with Gasteiger partial charge >= 0.3 is 5.97 Å². The number of hydrogen-bond acceptors (Lipinski definition) is 5. The van der Waals surface area contributed by atoms with Crippen LogP contribution in [0.5, 0.6) is 0 Å². The lowest BCUT2D eigenvalue weighted by molar-refractivity contribution is -0.143. The predicted molar refractivity (Wildman–Crippen MR) is 110 cm³/mol. The first-order valence-corrected chi connectivity index (χ1v) is 11.0. The zero-order chi connectivity index (χ0) is 20.1. The van der Waals surface area contributed by atoms with Gasteiger partial charge in [0, 0.05) is 18.3 Å². The second-order valence-electron chi connectivity index (χ2n) is 6.94. The molecule has 2 aromatic rings. The van der Waals surface area contributed by atoms with Crippen molar-refractivity contribution in [1.82, 2.24) is 14.5 Å². The first-order chi connectivity index (χ1) is 13.6. The molecule has 1 fully saturated rings. The first kappa shape index (κ1) is 20.5. The Balaban J connectivity index is 1.78. The molecular weight excluding hydrogens is 374 g/mol. The van der Waals surface area contributed by atoms with Crippen LogP contribution in [0, 0.1) is 0 Å². The van der Waals surface area contributed by atoms with Gasteiger partial charge in [0.15, 0.2) is 17.0 Å². The number of esters is 1. The Bertz CT molecular complexity index is 822. The van der Waals surface area contributed by atoms with E-state index in [9.17, 15) is 9.59 Å². The Morgan fingerprint density at radius 3 is 2.71 bits per heavy atom. The second kappa shape index (κ2) is 9.28. The van der Waals surface area contributed by atoms with E-state index in [0.717, 1.165) is 37.9 Å². The van der Waals surface area contributed by atoms with Crippen LogP contribution in [0.4, 0.5) is 0 Å². The van der Waals surface area contributed by atoms with Crippen molar-refractivity contribution >= 4 is 23.6 Å². The highest BCUT2D eigenvalue weighted by Crippen LogP contribution is 2.24. The molecule has 0 N–H and O–H groups in total. The molecule has 1 amide bonds. The smallest absolute Gasteiger partial charge is 0.357 e. The molecule has 0 radical (unpaired) electrons. The summed E-state index contributed by atoms with van der Waals surface area (Å²) in [6.45, 7) is 4.48. The van der Waals surface area contributed by atoms with Crippen LogP contribution in [-0.2, 0) is 9.53 Å². The molecule has 2 unspecified atom stereocenters. The van der Waals surface area contributed by atoms with E-state index >= 15 is 0 Å². The van der Waals surface area contributed by atoms with E-state index in [4.69, 9.17) is 4.74 Å². The van der Waals surface area contributed by atoms with Crippen molar-refractivity contribution in [2.75, 3.05) is 12.8 Å². The fourth-order valence-corrected chi connectivity index (χ4v) is 4.21. The molecule has 1 aliphatic rings. The molecule has 0 bridgehead atoms. The third-order valence-electron chi connectivity index (χ3n) is 5.15. The zero-order valence-electron chi connectivity index (χ0n) is 16.6. The summed E-state index contributed by atoms with van der Waals surface area (Å²) in [5.41, 5.74) is 1.15. The highest BCUT2D eigenvalue weighted by atomic mass is 32.2. The summed E-state index contributed by atoms with van der Waals surface area (Å²) in [5.74, 6) is -0.654. The molecule has 1 aliphatic heterocycles. The predicted octanol–water partition coefficient (Wildman–Crippen LogP) is 3.93. The molecule has 2 atom stereocenters. The Morgan fingerprint density at radius 1 is 1.29 bits per heavy atom. The SMILES string of the molecule is CCC1CCCCN1C(=O)C(C)OC(=O)c1cnc(SC)n1-c1ccccc1. The molecule has 150 valence electrons. The normalized spacial score (nSPS) is 18.0. The van der Waals surface area contributed by atoms with E-state index in [1.54, 1.807) is 11.5 Å². The molecule has 28 heavy (non-hydrogen) atoms. The maximum absolute atomic E-state index is 12.9. The summed E-state index contributed by atoms with van der Waals surface area (Å²) >= 11 is 1.45. The number of aromatic nitrogens is 2. The number of thioether (sulfide) groups is 1. The molecule has 7 heteroatoms. The molecule has 1 aromatic carbocycles. The van der Waals surface area contributed by atoms with Gasteiger partial charge in [0.25, 0.3) is 5.91 Å². The number of rotatable bonds is 6. The lowest BCUT2D eigenvalue weighted by atomic mass is 9.99. The minimum absolute atomic E-state index is 0.115. The number of carbonyl (C=O) groups is 2. The van der Waals surface area contributed by atoms with Gasteiger partial charge in [0.1, 0.15) is 0 Å². The van der Waals surface area contributed by atoms with E-state index in [0.29, 0.717) is 10.9 Å². The highest BCUT2D eigenvalue weighted by molar-refractivity contribution is 7.98. The number of likely N-dealkylation sites (tertiary alicyclic amines) is 1. The molecule has 0 saturated carbocycles. The highest BCUT2D eigenvalue weighted by Gasteiger charge is 2.31. The number of ether oxygens (including phenoxy) is 1. The minimum Gasteiger partial charge on any atom is -0.448 e. The number of nitrogens with zero attached hydrogens (tertiary/aromatic N) is 3. The van der Waals surface area contributed by atoms with Crippen LogP contribution in [0.25, 0.3) is 5.69 Å². The van der Waals surface area contributed by atoms with Crippen molar-refractivity contribution in [1.29, 1.82) is 0 Å². The van der Waals surface area contributed by atoms with Gasteiger partial charge in [0.2, 0.25) is 0 Å². The standard InChI is InChI=1S/C21H27N3O3S/c1-4-16-10-8-9-13-23(16)19(25)15(2)27-20(26)18-14-22-21(28-3)24(18)17-11-6-5-7-12-17/h5-7,11-12,14-16H,4,8-10,13H2,1-3H3. The Hall–Kier alpha value is -2.28. The maximum atomic E-state index is 12.9. The van der Waals surface area contributed by atoms with E-state index < -0.39 is 12.1 Å². The number of hydrogen-bond donors (Lipinski definition) is 0. The maximum Gasteiger partial charge on any atom is 0.357 e. The largest absolute Gasteiger partial charge is 0.448 e. The van der Waals surface area contributed by atoms with Crippen LogP contribution in [0.3, 0.4) is 0 Å². The van der Waals surface area contributed by atoms with Gasteiger partial charge in [-0.2, -0.15) is 0 Å². The van der Waals surface area contributed by atoms with Crippen molar-refractivity contribution in [3.63, 3.8) is 0 Å². The number of amides is 1.